The third-order valence-electron chi connectivity index (χ3n) is 11.5. The largest absolute Gasteiger partial charge is 0.231 e. The van der Waals surface area contributed by atoms with Crippen molar-refractivity contribution in [2.24, 2.45) is 0 Å². The van der Waals surface area contributed by atoms with Gasteiger partial charge in [0.1, 0.15) is 5.69 Å². The Labute approximate surface area is 354 Å². The fourth-order valence-electron chi connectivity index (χ4n) is 8.45. The molecule has 0 fully saturated rings. The van der Waals surface area contributed by atoms with E-state index in [1.165, 1.54) is 11.1 Å². The summed E-state index contributed by atoms with van der Waals surface area (Å²) in [5.74, 6) is 0.668. The van der Waals surface area contributed by atoms with Gasteiger partial charge in [0.15, 0.2) is 5.82 Å². The van der Waals surface area contributed by atoms with Gasteiger partial charge in [-0.1, -0.05) is 218 Å². The Morgan fingerprint density at radius 3 is 1.34 bits per heavy atom. The Morgan fingerprint density at radius 1 is 0.311 bits per heavy atom. The molecule has 3 heterocycles. The summed E-state index contributed by atoms with van der Waals surface area (Å²) in [7, 11) is 0. The van der Waals surface area contributed by atoms with E-state index in [1.807, 2.05) is 12.1 Å². The molecule has 0 saturated heterocycles. The van der Waals surface area contributed by atoms with Crippen LogP contribution in [-0.4, -0.2) is 19.6 Å². The van der Waals surface area contributed by atoms with Gasteiger partial charge in [-0.25, -0.2) is 14.5 Å². The average Bonchev–Trinajstić information content (AvgIpc) is 3.76. The summed E-state index contributed by atoms with van der Waals surface area (Å²) in [5.41, 5.74) is 16.7. The first-order valence-electron chi connectivity index (χ1n) is 20.6. The van der Waals surface area contributed by atoms with Crippen molar-refractivity contribution in [2.75, 3.05) is 0 Å². The van der Waals surface area contributed by atoms with Gasteiger partial charge in [0.2, 0.25) is 0 Å². The van der Waals surface area contributed by atoms with E-state index in [1.54, 1.807) is 0 Å². The van der Waals surface area contributed by atoms with Gasteiger partial charge in [0.25, 0.3) is 0 Å². The molecule has 0 aliphatic carbocycles. The van der Waals surface area contributed by atoms with Crippen molar-refractivity contribution in [3.8, 4) is 89.8 Å². The summed E-state index contributed by atoms with van der Waals surface area (Å²) >= 11 is 0. The second-order valence-electron chi connectivity index (χ2n) is 15.2. The summed E-state index contributed by atoms with van der Waals surface area (Å²) in [5, 5.41) is 7.62. The van der Waals surface area contributed by atoms with Crippen molar-refractivity contribution in [1.82, 2.24) is 19.6 Å². The summed E-state index contributed by atoms with van der Waals surface area (Å²) in [6.07, 6.45) is 0. The fourth-order valence-corrected chi connectivity index (χ4v) is 8.45. The standard InChI is InChI=1S/C57H38N4/c1-6-17-39(18-7-1)41-29-33-43(34-30-41)51-38-52(59-57(58-51)47-35-31-42(32-36-47)40-19-8-2-9-20-40)48-27-16-28-49-50(48)37-53(44-21-10-3-11-22-44)61-56(49)54(45-23-12-4-13-24-45)55(60-61)46-25-14-5-15-26-46/h1-38H. The van der Waals surface area contributed by atoms with Crippen LogP contribution in [-0.2, 0) is 0 Å². The second-order valence-corrected chi connectivity index (χ2v) is 15.2. The van der Waals surface area contributed by atoms with E-state index in [2.05, 4.69) is 223 Å². The number of nitrogens with zero attached hydrogens (tertiary/aromatic N) is 4. The van der Waals surface area contributed by atoms with Crippen LogP contribution in [0.25, 0.3) is 106 Å². The third kappa shape index (κ3) is 6.76. The molecule has 11 rings (SSSR count). The van der Waals surface area contributed by atoms with Gasteiger partial charge in [0, 0.05) is 38.8 Å². The molecule has 286 valence electrons. The van der Waals surface area contributed by atoms with Crippen LogP contribution in [0.2, 0.25) is 0 Å². The third-order valence-corrected chi connectivity index (χ3v) is 11.5. The van der Waals surface area contributed by atoms with E-state index in [0.29, 0.717) is 5.82 Å². The molecule has 3 aromatic heterocycles. The van der Waals surface area contributed by atoms with Crippen LogP contribution in [0.15, 0.2) is 231 Å². The normalized spacial score (nSPS) is 11.3. The molecule has 0 radical (unpaired) electrons. The number of rotatable bonds is 8. The highest BCUT2D eigenvalue weighted by molar-refractivity contribution is 6.12. The van der Waals surface area contributed by atoms with Gasteiger partial charge in [0.05, 0.1) is 22.6 Å². The van der Waals surface area contributed by atoms with Crippen molar-refractivity contribution in [2.45, 2.75) is 0 Å². The highest BCUT2D eigenvalue weighted by atomic mass is 15.2. The van der Waals surface area contributed by atoms with Gasteiger partial charge in [-0.3, -0.25) is 0 Å². The van der Waals surface area contributed by atoms with Crippen LogP contribution in [0.3, 0.4) is 0 Å². The smallest absolute Gasteiger partial charge is 0.160 e. The van der Waals surface area contributed by atoms with Gasteiger partial charge in [-0.05, 0) is 45.3 Å². The van der Waals surface area contributed by atoms with Gasteiger partial charge in [-0.2, -0.15) is 5.10 Å². The number of hydrogen-bond donors (Lipinski definition) is 0. The number of pyridine rings is 1. The van der Waals surface area contributed by atoms with Crippen molar-refractivity contribution in [1.29, 1.82) is 0 Å². The lowest BCUT2D eigenvalue weighted by Crippen LogP contribution is -1.99. The molecule has 0 atom stereocenters. The molecule has 0 unspecified atom stereocenters. The van der Waals surface area contributed by atoms with Crippen molar-refractivity contribution >= 4 is 16.3 Å². The van der Waals surface area contributed by atoms with E-state index in [0.717, 1.165) is 89.1 Å². The van der Waals surface area contributed by atoms with Crippen LogP contribution >= 0.6 is 0 Å². The first kappa shape index (κ1) is 35.9. The monoisotopic (exact) mass is 778 g/mol. The van der Waals surface area contributed by atoms with E-state index in [4.69, 9.17) is 15.1 Å². The maximum atomic E-state index is 5.44. The molecule has 61 heavy (non-hydrogen) atoms. The van der Waals surface area contributed by atoms with Crippen LogP contribution in [0.1, 0.15) is 0 Å². The van der Waals surface area contributed by atoms with Crippen molar-refractivity contribution in [3.63, 3.8) is 0 Å². The molecule has 4 nitrogen and oxygen atoms in total. The minimum atomic E-state index is 0.668. The van der Waals surface area contributed by atoms with Crippen LogP contribution in [0, 0.1) is 0 Å². The fraction of sp³-hybridized carbons (Fsp3) is 0. The quantitative estimate of drug-likeness (QED) is 0.154. The summed E-state index contributed by atoms with van der Waals surface area (Å²) < 4.78 is 2.14. The first-order valence-corrected chi connectivity index (χ1v) is 20.6. The minimum absolute atomic E-state index is 0.668. The Bertz CT molecular complexity index is 3190. The Morgan fingerprint density at radius 2 is 0.770 bits per heavy atom. The van der Waals surface area contributed by atoms with Gasteiger partial charge >= 0.3 is 0 Å². The molecule has 0 bridgehead atoms. The maximum absolute atomic E-state index is 5.44. The molecule has 8 aromatic carbocycles. The molecule has 0 spiro atoms. The molecule has 0 aliphatic heterocycles. The molecular formula is C57H38N4. The van der Waals surface area contributed by atoms with Crippen LogP contribution < -0.4 is 0 Å². The SMILES string of the molecule is c1ccc(-c2ccc(-c3cc(-c4cccc5c4cc(-c4ccccc4)n4nc(-c6ccccc6)c(-c6ccccc6)c54)nc(-c4ccc(-c5ccccc5)cc4)n3)cc2)cc1. The Hall–Kier alpha value is -8.21. The lowest BCUT2D eigenvalue weighted by Gasteiger charge is -2.15. The Kier molecular flexibility index (Phi) is 9.14. The van der Waals surface area contributed by atoms with E-state index < -0.39 is 0 Å². The summed E-state index contributed by atoms with van der Waals surface area (Å²) in [6, 6.07) is 80.9. The van der Waals surface area contributed by atoms with Crippen molar-refractivity contribution in [3.05, 3.63) is 231 Å². The predicted octanol–water partition coefficient (Wildman–Crippen LogP) is 14.6. The van der Waals surface area contributed by atoms with E-state index in [-0.39, 0.29) is 0 Å². The zero-order valence-corrected chi connectivity index (χ0v) is 33.2. The molecule has 4 heteroatoms. The van der Waals surface area contributed by atoms with Crippen molar-refractivity contribution < 1.29 is 0 Å². The highest BCUT2D eigenvalue weighted by Crippen LogP contribution is 2.43. The molecule has 0 N–H and O–H groups in total. The number of aromatic nitrogens is 4. The molecule has 11 aromatic rings. The summed E-state index contributed by atoms with van der Waals surface area (Å²) in [4.78, 5) is 10.7. The van der Waals surface area contributed by atoms with Crippen LogP contribution in [0.4, 0.5) is 0 Å². The predicted molar refractivity (Wildman–Crippen MR) is 252 cm³/mol. The van der Waals surface area contributed by atoms with Crippen LogP contribution in [0.5, 0.6) is 0 Å². The number of fused-ring (bicyclic) bond motifs is 3. The molecule has 0 amide bonds. The lowest BCUT2D eigenvalue weighted by molar-refractivity contribution is 0.979. The second kappa shape index (κ2) is 15.5. The lowest BCUT2D eigenvalue weighted by atomic mass is 9.94. The van der Waals surface area contributed by atoms with E-state index >= 15 is 0 Å². The number of hydrogen-bond acceptors (Lipinski definition) is 3. The molecule has 0 saturated carbocycles. The summed E-state index contributed by atoms with van der Waals surface area (Å²) in [6.45, 7) is 0. The Balaban J connectivity index is 1.16. The topological polar surface area (TPSA) is 43.1 Å². The molecular weight excluding hydrogens is 741 g/mol. The zero-order valence-electron chi connectivity index (χ0n) is 33.2. The minimum Gasteiger partial charge on any atom is -0.231 e. The zero-order chi connectivity index (χ0) is 40.5. The number of benzene rings is 8. The van der Waals surface area contributed by atoms with Gasteiger partial charge in [-0.15, -0.1) is 0 Å². The highest BCUT2D eigenvalue weighted by Gasteiger charge is 2.23. The first-order chi connectivity index (χ1) is 30.2. The van der Waals surface area contributed by atoms with Gasteiger partial charge < -0.3 is 0 Å². The van der Waals surface area contributed by atoms with E-state index in [9.17, 15) is 0 Å². The maximum Gasteiger partial charge on any atom is 0.160 e. The molecule has 0 aliphatic rings. The average molecular weight is 779 g/mol.